The Hall–Kier alpha value is -2.09. The van der Waals surface area contributed by atoms with Crippen molar-refractivity contribution in [2.75, 3.05) is 32.1 Å². The molecule has 1 N–H and O–H groups in total. The lowest BCUT2D eigenvalue weighted by molar-refractivity contribution is -0.144. The van der Waals surface area contributed by atoms with Crippen LogP contribution >= 0.6 is 0 Å². The number of esters is 1. The first-order valence-electron chi connectivity index (χ1n) is 6.12. The topological polar surface area (TPSA) is 58.6 Å². The first-order valence-corrected chi connectivity index (χ1v) is 6.12. The van der Waals surface area contributed by atoms with E-state index in [4.69, 9.17) is 4.74 Å². The second-order valence-corrected chi connectivity index (χ2v) is 4.25. The fourth-order valence-corrected chi connectivity index (χ4v) is 1.54. The maximum atomic E-state index is 13.4. The normalized spacial score (nSPS) is 10.6. The molecule has 1 rings (SSSR count). The molecule has 21 heavy (non-hydrogen) atoms. The number of hydrogen-bond acceptors (Lipinski definition) is 4. The maximum Gasteiger partial charge on any atom is 0.320 e. The summed E-state index contributed by atoms with van der Waals surface area (Å²) in [5.41, 5.74) is -0.469. The van der Waals surface area contributed by atoms with Gasteiger partial charge in [-0.2, -0.15) is 0 Å². The van der Waals surface area contributed by atoms with Gasteiger partial charge in [0.25, 0.3) is 0 Å². The number of nitrogens with zero attached hydrogens (tertiary/aromatic N) is 1. The van der Waals surface area contributed by atoms with Gasteiger partial charge in [-0.25, -0.2) is 13.2 Å². The zero-order valence-electron chi connectivity index (χ0n) is 11.6. The van der Waals surface area contributed by atoms with E-state index in [1.807, 2.05) is 0 Å². The van der Waals surface area contributed by atoms with Crippen molar-refractivity contribution < 1.29 is 27.5 Å². The Morgan fingerprint density at radius 2 is 1.86 bits per heavy atom. The predicted molar refractivity (Wildman–Crippen MR) is 69.1 cm³/mol. The van der Waals surface area contributed by atoms with Gasteiger partial charge in [0, 0.05) is 0 Å². The molecule has 1 amide bonds. The van der Waals surface area contributed by atoms with Gasteiger partial charge in [-0.3, -0.25) is 14.5 Å². The summed E-state index contributed by atoms with van der Waals surface area (Å²) < 4.78 is 43.8. The van der Waals surface area contributed by atoms with Crippen molar-refractivity contribution in [3.63, 3.8) is 0 Å². The van der Waals surface area contributed by atoms with E-state index in [2.05, 4.69) is 5.32 Å². The van der Waals surface area contributed by atoms with Gasteiger partial charge in [-0.05, 0) is 26.1 Å². The highest BCUT2D eigenvalue weighted by Crippen LogP contribution is 2.19. The molecule has 1 aromatic rings. The fraction of sp³-hybridized carbons (Fsp3) is 0.385. The van der Waals surface area contributed by atoms with Crippen LogP contribution in [0.15, 0.2) is 12.1 Å². The van der Waals surface area contributed by atoms with Crippen LogP contribution in [0.2, 0.25) is 0 Å². The molecular formula is C13H15F3N2O3. The molecule has 0 atom stereocenters. The standard InChI is InChI=1S/C13H15F3N2O3/c1-3-21-11(20)7-18(2)6-10(19)17-9-5-4-8(14)12(15)13(9)16/h4-5H,3,6-7H2,1-2H3,(H,17,19). The smallest absolute Gasteiger partial charge is 0.320 e. The van der Waals surface area contributed by atoms with E-state index in [9.17, 15) is 22.8 Å². The molecule has 1 aromatic carbocycles. The van der Waals surface area contributed by atoms with Gasteiger partial charge in [0.1, 0.15) is 0 Å². The lowest BCUT2D eigenvalue weighted by Gasteiger charge is -2.15. The second kappa shape index (κ2) is 7.63. The second-order valence-electron chi connectivity index (χ2n) is 4.25. The zero-order chi connectivity index (χ0) is 16.0. The Labute approximate surface area is 119 Å². The SMILES string of the molecule is CCOC(=O)CN(C)CC(=O)Nc1ccc(F)c(F)c1F. The lowest BCUT2D eigenvalue weighted by Crippen LogP contribution is -2.34. The van der Waals surface area contributed by atoms with Gasteiger partial charge >= 0.3 is 5.97 Å². The van der Waals surface area contributed by atoms with E-state index >= 15 is 0 Å². The quantitative estimate of drug-likeness (QED) is 0.640. The van der Waals surface area contributed by atoms with Crippen LogP contribution in [0.1, 0.15) is 6.92 Å². The van der Waals surface area contributed by atoms with Crippen LogP contribution in [0.25, 0.3) is 0 Å². The number of rotatable bonds is 6. The molecule has 0 radical (unpaired) electrons. The summed E-state index contributed by atoms with van der Waals surface area (Å²) in [5.74, 6) is -5.66. The summed E-state index contributed by atoms with van der Waals surface area (Å²) in [6, 6.07) is 1.62. The highest BCUT2D eigenvalue weighted by molar-refractivity contribution is 5.92. The predicted octanol–water partition coefficient (Wildman–Crippen LogP) is 1.54. The number of carbonyl (C=O) groups excluding carboxylic acids is 2. The molecule has 0 bridgehead atoms. The highest BCUT2D eigenvalue weighted by Gasteiger charge is 2.16. The van der Waals surface area contributed by atoms with Crippen LogP contribution in [-0.4, -0.2) is 43.5 Å². The molecule has 0 heterocycles. The Balaban J connectivity index is 2.58. The van der Waals surface area contributed by atoms with Crippen LogP contribution in [0.5, 0.6) is 0 Å². The minimum atomic E-state index is -1.66. The zero-order valence-corrected chi connectivity index (χ0v) is 11.6. The molecule has 5 nitrogen and oxygen atoms in total. The maximum absolute atomic E-state index is 13.4. The first kappa shape index (κ1) is 17.0. The van der Waals surface area contributed by atoms with E-state index < -0.39 is 35.0 Å². The van der Waals surface area contributed by atoms with Crippen LogP contribution in [0.4, 0.5) is 18.9 Å². The number of ether oxygens (including phenoxy) is 1. The van der Waals surface area contributed by atoms with Gasteiger partial charge in [-0.1, -0.05) is 0 Å². The number of hydrogen-bond donors (Lipinski definition) is 1. The van der Waals surface area contributed by atoms with Crippen molar-refractivity contribution >= 4 is 17.6 Å². The lowest BCUT2D eigenvalue weighted by atomic mass is 10.2. The number of amides is 1. The van der Waals surface area contributed by atoms with Gasteiger partial charge in [0.15, 0.2) is 17.5 Å². The van der Waals surface area contributed by atoms with Crippen LogP contribution < -0.4 is 5.32 Å². The van der Waals surface area contributed by atoms with Crippen molar-refractivity contribution in [3.8, 4) is 0 Å². The summed E-state index contributed by atoms with van der Waals surface area (Å²) >= 11 is 0. The molecule has 0 aliphatic rings. The van der Waals surface area contributed by atoms with E-state index in [0.29, 0.717) is 6.07 Å². The molecule has 0 saturated carbocycles. The van der Waals surface area contributed by atoms with Crippen LogP contribution in [0.3, 0.4) is 0 Å². The third kappa shape index (κ3) is 5.07. The summed E-state index contributed by atoms with van der Waals surface area (Å²) in [6.07, 6.45) is 0. The largest absolute Gasteiger partial charge is 0.465 e. The Morgan fingerprint density at radius 3 is 2.48 bits per heavy atom. The first-order chi connectivity index (χ1) is 9.85. The minimum Gasteiger partial charge on any atom is -0.465 e. The third-order valence-electron chi connectivity index (χ3n) is 2.43. The van der Waals surface area contributed by atoms with E-state index in [1.54, 1.807) is 6.92 Å². The number of benzene rings is 1. The van der Waals surface area contributed by atoms with Crippen molar-refractivity contribution in [1.82, 2.24) is 4.90 Å². The van der Waals surface area contributed by atoms with Crippen LogP contribution in [-0.2, 0) is 14.3 Å². The number of nitrogens with one attached hydrogen (secondary N) is 1. The Bertz CT molecular complexity index is 538. The van der Waals surface area contributed by atoms with Crippen molar-refractivity contribution in [2.24, 2.45) is 0 Å². The third-order valence-corrected chi connectivity index (χ3v) is 2.43. The molecule has 0 aliphatic heterocycles. The minimum absolute atomic E-state index is 0.123. The van der Waals surface area contributed by atoms with Gasteiger partial charge < -0.3 is 10.1 Å². The van der Waals surface area contributed by atoms with Crippen molar-refractivity contribution in [2.45, 2.75) is 6.92 Å². The average molecular weight is 304 g/mol. The molecule has 8 heteroatoms. The van der Waals surface area contributed by atoms with E-state index in [1.165, 1.54) is 11.9 Å². The van der Waals surface area contributed by atoms with E-state index in [-0.39, 0.29) is 19.7 Å². The Kier molecular flexibility index (Phi) is 6.16. The van der Waals surface area contributed by atoms with Crippen molar-refractivity contribution in [1.29, 1.82) is 0 Å². The monoisotopic (exact) mass is 304 g/mol. The van der Waals surface area contributed by atoms with E-state index in [0.717, 1.165) is 6.07 Å². The molecule has 0 saturated heterocycles. The fourth-order valence-electron chi connectivity index (χ4n) is 1.54. The summed E-state index contributed by atoms with van der Waals surface area (Å²) in [6.45, 7) is 1.51. The number of anilines is 1. The van der Waals surface area contributed by atoms with Gasteiger partial charge in [-0.15, -0.1) is 0 Å². The Morgan fingerprint density at radius 1 is 1.19 bits per heavy atom. The summed E-state index contributed by atoms with van der Waals surface area (Å²) in [7, 11) is 1.48. The molecule has 0 aromatic heterocycles. The average Bonchev–Trinajstić information content (AvgIpc) is 2.39. The van der Waals surface area contributed by atoms with Gasteiger partial charge in [0.2, 0.25) is 5.91 Å². The molecule has 0 spiro atoms. The van der Waals surface area contributed by atoms with Crippen molar-refractivity contribution in [3.05, 3.63) is 29.6 Å². The highest BCUT2D eigenvalue weighted by atomic mass is 19.2. The summed E-state index contributed by atoms with van der Waals surface area (Å²) in [5, 5.41) is 2.10. The number of halogens is 3. The molecule has 0 aliphatic carbocycles. The van der Waals surface area contributed by atoms with Gasteiger partial charge in [0.05, 0.1) is 25.4 Å². The molecule has 0 fully saturated rings. The molecule has 0 unspecified atom stereocenters. The summed E-state index contributed by atoms with van der Waals surface area (Å²) in [4.78, 5) is 24.1. The molecule has 116 valence electrons. The van der Waals surface area contributed by atoms with Crippen LogP contribution in [0, 0.1) is 17.5 Å². The number of carbonyl (C=O) groups is 2. The molecular weight excluding hydrogens is 289 g/mol. The number of likely N-dealkylation sites (N-methyl/N-ethyl adjacent to an activating group) is 1.